The van der Waals surface area contributed by atoms with E-state index in [2.05, 4.69) is 5.32 Å². The number of benzene rings is 2. The van der Waals surface area contributed by atoms with Gasteiger partial charge in [-0.25, -0.2) is 9.18 Å². The Kier molecular flexibility index (Phi) is 10.8. The van der Waals surface area contributed by atoms with Gasteiger partial charge in [-0.15, -0.1) is 0 Å². The molecule has 2 atom stereocenters. The molecule has 0 radical (unpaired) electrons. The van der Waals surface area contributed by atoms with E-state index in [1.54, 1.807) is 0 Å². The highest BCUT2D eigenvalue weighted by molar-refractivity contribution is 6.10. The summed E-state index contributed by atoms with van der Waals surface area (Å²) in [5, 5.41) is 21.1. The van der Waals surface area contributed by atoms with E-state index >= 15 is 0 Å². The number of aliphatic hydroxyl groups excluding tert-OH is 1. The van der Waals surface area contributed by atoms with Crippen molar-refractivity contribution in [3.63, 3.8) is 0 Å². The lowest BCUT2D eigenvalue weighted by Crippen LogP contribution is -2.39. The molecule has 3 N–H and O–H groups in total. The number of aliphatic hydroxyl groups is 1. The number of alkyl halides is 6. The number of amides is 1. The molecule has 0 saturated carbocycles. The quantitative estimate of drug-likeness (QED) is 0.231. The van der Waals surface area contributed by atoms with E-state index in [4.69, 9.17) is 10.1 Å². The van der Waals surface area contributed by atoms with Crippen molar-refractivity contribution in [3.8, 4) is 5.75 Å². The molecule has 14 heteroatoms. The van der Waals surface area contributed by atoms with Gasteiger partial charge in [0.05, 0.1) is 17.2 Å². The van der Waals surface area contributed by atoms with E-state index in [0.717, 1.165) is 36.2 Å². The molecule has 0 aromatic heterocycles. The van der Waals surface area contributed by atoms with Crippen LogP contribution in [-0.2, 0) is 12.4 Å². The lowest BCUT2D eigenvalue weighted by atomic mass is 9.97. The SMILES string of the molecule is CC(C)N(C(=O)Oc1c(/C(C=N)=C/NCC2CCCN(C)CC2O)cc(C(F)(F)F)cc1C(F)(F)F)c1ccc(F)cc1. The summed E-state index contributed by atoms with van der Waals surface area (Å²) in [4.78, 5) is 16.1. The van der Waals surface area contributed by atoms with Crippen LogP contribution >= 0.6 is 0 Å². The number of nitrogens with one attached hydrogen (secondary N) is 2. The predicted molar refractivity (Wildman–Crippen MR) is 147 cm³/mol. The van der Waals surface area contributed by atoms with Crippen LogP contribution in [-0.4, -0.2) is 61.1 Å². The Labute approximate surface area is 244 Å². The van der Waals surface area contributed by atoms with Crippen LogP contribution in [0.1, 0.15) is 43.4 Å². The van der Waals surface area contributed by atoms with E-state index in [1.165, 1.54) is 26.0 Å². The molecule has 1 heterocycles. The van der Waals surface area contributed by atoms with Gasteiger partial charge in [-0.3, -0.25) is 4.90 Å². The first kappa shape index (κ1) is 33.8. The number of likely N-dealkylation sites (N-methyl/N-ethyl adjacent to an activating group) is 1. The number of β-amino-alcohol motifs (C(OH)–C–C–N with tert-alkyl or cyclic N) is 1. The number of nitrogens with zero attached hydrogens (tertiary/aromatic N) is 2. The summed E-state index contributed by atoms with van der Waals surface area (Å²) < 4.78 is 103. The molecule has 2 unspecified atom stereocenters. The Balaban J connectivity index is 2.10. The third-order valence-electron chi connectivity index (χ3n) is 6.99. The molecule has 2 aromatic rings. The first-order valence-corrected chi connectivity index (χ1v) is 13.4. The standard InChI is InChI=1S/C29H33F7N4O3/c1-17(2)40(22-8-6-21(30)7-9-22)27(42)43-26-23(11-20(28(31,32)33)12-24(26)29(34,35)36)19(13-37)15-38-14-18-5-4-10-39(3)16-25(18)41/h6-9,11-13,15,17-18,25,37-38,41H,4-5,10,14,16H2,1-3H3/b19-15+,37-13?. The number of hydrogen-bond donors (Lipinski definition) is 3. The number of rotatable bonds is 8. The zero-order valence-electron chi connectivity index (χ0n) is 23.7. The molecule has 3 rings (SSSR count). The topological polar surface area (TPSA) is 88.9 Å². The Bertz CT molecular complexity index is 1310. The molecule has 43 heavy (non-hydrogen) atoms. The van der Waals surface area contributed by atoms with E-state index < -0.39 is 64.4 Å². The minimum Gasteiger partial charge on any atom is -0.409 e. The maximum absolute atomic E-state index is 14.2. The van der Waals surface area contributed by atoms with E-state index in [0.29, 0.717) is 25.2 Å². The van der Waals surface area contributed by atoms with Crippen molar-refractivity contribution in [3.05, 3.63) is 65.1 Å². The molecule has 0 bridgehead atoms. The molecule has 2 aromatic carbocycles. The first-order chi connectivity index (χ1) is 20.0. The normalized spacial score (nSPS) is 18.7. The number of hydrogen-bond acceptors (Lipinski definition) is 6. The monoisotopic (exact) mass is 618 g/mol. The lowest BCUT2D eigenvalue weighted by molar-refractivity contribution is -0.143. The number of carbonyl (C=O) groups excluding carboxylic acids is 1. The van der Waals surface area contributed by atoms with Gasteiger partial charge in [-0.05, 0) is 76.7 Å². The van der Waals surface area contributed by atoms with Gasteiger partial charge in [0.2, 0.25) is 0 Å². The van der Waals surface area contributed by atoms with Gasteiger partial charge in [0.15, 0.2) is 5.75 Å². The number of anilines is 1. The van der Waals surface area contributed by atoms with Crippen LogP contribution in [0.25, 0.3) is 5.57 Å². The van der Waals surface area contributed by atoms with Gasteiger partial charge in [-0.1, -0.05) is 0 Å². The van der Waals surface area contributed by atoms with E-state index in [-0.39, 0.29) is 24.2 Å². The zero-order chi connectivity index (χ0) is 32.1. The summed E-state index contributed by atoms with van der Waals surface area (Å²) in [6.07, 6.45) is -9.70. The summed E-state index contributed by atoms with van der Waals surface area (Å²) in [6.45, 7) is 4.28. The van der Waals surface area contributed by atoms with Gasteiger partial charge in [0.1, 0.15) is 5.82 Å². The number of carbonyl (C=O) groups is 1. The number of likely N-dealkylation sites (tertiary alicyclic amines) is 1. The summed E-state index contributed by atoms with van der Waals surface area (Å²) in [7, 11) is 1.84. The van der Waals surface area contributed by atoms with E-state index in [9.17, 15) is 40.6 Å². The van der Waals surface area contributed by atoms with E-state index in [1.807, 2.05) is 11.9 Å². The fourth-order valence-corrected chi connectivity index (χ4v) is 4.81. The number of ether oxygens (including phenoxy) is 1. The van der Waals surface area contributed by atoms with Crippen molar-refractivity contribution in [2.75, 3.05) is 31.6 Å². The van der Waals surface area contributed by atoms with Crippen LogP contribution in [0, 0.1) is 17.1 Å². The molecule has 1 fully saturated rings. The van der Waals surface area contributed by atoms with Crippen LogP contribution in [0.3, 0.4) is 0 Å². The molecule has 1 saturated heterocycles. The molecule has 0 spiro atoms. The van der Waals surface area contributed by atoms with Crippen LogP contribution in [0.2, 0.25) is 0 Å². The molecular formula is C29H33F7N4O3. The van der Waals surface area contributed by atoms with Crippen molar-refractivity contribution >= 4 is 23.6 Å². The Hall–Kier alpha value is -3.65. The molecule has 0 aliphatic carbocycles. The van der Waals surface area contributed by atoms with Crippen LogP contribution in [0.4, 0.5) is 41.2 Å². The average Bonchev–Trinajstić information content (AvgIpc) is 3.05. The molecule has 1 amide bonds. The van der Waals surface area contributed by atoms with Gasteiger partial charge in [0, 0.05) is 54.3 Å². The third kappa shape index (κ3) is 8.69. The van der Waals surface area contributed by atoms with Crippen LogP contribution in [0.15, 0.2) is 42.6 Å². The second-order valence-electron chi connectivity index (χ2n) is 10.6. The fraction of sp³-hybridized carbons (Fsp3) is 0.448. The average molecular weight is 619 g/mol. The van der Waals surface area contributed by atoms with Gasteiger partial charge < -0.3 is 25.5 Å². The Morgan fingerprint density at radius 2 is 1.81 bits per heavy atom. The summed E-state index contributed by atoms with van der Waals surface area (Å²) in [5.41, 5.74) is -4.70. The van der Waals surface area contributed by atoms with Crippen LogP contribution < -0.4 is 15.0 Å². The maximum Gasteiger partial charge on any atom is 0.420 e. The third-order valence-corrected chi connectivity index (χ3v) is 6.99. The fourth-order valence-electron chi connectivity index (χ4n) is 4.81. The van der Waals surface area contributed by atoms with Crippen molar-refractivity contribution in [1.82, 2.24) is 10.2 Å². The van der Waals surface area contributed by atoms with Crippen molar-refractivity contribution in [2.45, 2.75) is 51.2 Å². The van der Waals surface area contributed by atoms with Crippen LogP contribution in [0.5, 0.6) is 5.75 Å². The smallest absolute Gasteiger partial charge is 0.409 e. The van der Waals surface area contributed by atoms with Crippen molar-refractivity contribution in [1.29, 1.82) is 5.41 Å². The molecule has 1 aliphatic heterocycles. The van der Waals surface area contributed by atoms with Crippen molar-refractivity contribution in [2.24, 2.45) is 5.92 Å². The second kappa shape index (κ2) is 13.8. The number of halogens is 7. The molecule has 236 valence electrons. The van der Waals surface area contributed by atoms with Gasteiger partial charge in [-0.2, -0.15) is 26.3 Å². The molecular weight excluding hydrogens is 585 g/mol. The molecule has 7 nitrogen and oxygen atoms in total. The number of allylic oxidation sites excluding steroid dienone is 1. The first-order valence-electron chi connectivity index (χ1n) is 13.4. The Morgan fingerprint density at radius 1 is 1.16 bits per heavy atom. The summed E-state index contributed by atoms with van der Waals surface area (Å²) >= 11 is 0. The Morgan fingerprint density at radius 3 is 2.37 bits per heavy atom. The summed E-state index contributed by atoms with van der Waals surface area (Å²) in [5.74, 6) is -2.14. The maximum atomic E-state index is 14.2. The molecule has 1 aliphatic rings. The minimum absolute atomic E-state index is 0.0699. The second-order valence-corrected chi connectivity index (χ2v) is 10.6. The van der Waals surface area contributed by atoms with Crippen molar-refractivity contribution < 1.29 is 45.4 Å². The van der Waals surface area contributed by atoms with Gasteiger partial charge in [0.25, 0.3) is 0 Å². The largest absolute Gasteiger partial charge is 0.420 e. The minimum atomic E-state index is -5.39. The summed E-state index contributed by atoms with van der Waals surface area (Å²) in [6, 6.07) is 3.94. The highest BCUT2D eigenvalue weighted by Gasteiger charge is 2.42. The zero-order valence-corrected chi connectivity index (χ0v) is 23.7. The highest BCUT2D eigenvalue weighted by Crippen LogP contribution is 2.44. The predicted octanol–water partition coefficient (Wildman–Crippen LogP) is 6.56. The highest BCUT2D eigenvalue weighted by atomic mass is 19.4. The lowest BCUT2D eigenvalue weighted by Gasteiger charge is -2.27. The van der Waals surface area contributed by atoms with Gasteiger partial charge >= 0.3 is 18.4 Å².